The lowest BCUT2D eigenvalue weighted by Gasteiger charge is -2.37. The number of carbonyl (C=O) groups excluding carboxylic acids is 1. The number of para-hydroxylation sites is 1. The molecule has 0 bridgehead atoms. The third-order valence-electron chi connectivity index (χ3n) is 6.05. The first-order valence-corrected chi connectivity index (χ1v) is 11.1. The minimum absolute atomic E-state index is 0. The summed E-state index contributed by atoms with van der Waals surface area (Å²) in [6.07, 6.45) is 5.46. The summed E-state index contributed by atoms with van der Waals surface area (Å²) in [6.45, 7) is 6.28. The SMILES string of the molecule is CN(C)C(=O)c1cccnc1NCCCN1CCN(c2ccccc2C2CC2)CC1.Cl. The van der Waals surface area contributed by atoms with Crippen molar-refractivity contribution in [2.75, 3.05) is 63.6 Å². The second kappa shape index (κ2) is 10.8. The average molecular weight is 444 g/mol. The van der Waals surface area contributed by atoms with Crippen LogP contribution in [0.2, 0.25) is 0 Å². The van der Waals surface area contributed by atoms with Crippen molar-refractivity contribution in [3.63, 3.8) is 0 Å². The molecule has 0 spiro atoms. The second-order valence-electron chi connectivity index (χ2n) is 8.54. The lowest BCUT2D eigenvalue weighted by molar-refractivity contribution is 0.0828. The molecule has 0 radical (unpaired) electrons. The number of benzene rings is 1. The maximum atomic E-state index is 12.3. The summed E-state index contributed by atoms with van der Waals surface area (Å²) in [6, 6.07) is 12.6. The molecule has 1 aliphatic carbocycles. The van der Waals surface area contributed by atoms with E-state index in [2.05, 4.69) is 44.4 Å². The van der Waals surface area contributed by atoms with Crippen molar-refractivity contribution in [2.45, 2.75) is 25.2 Å². The molecule has 168 valence electrons. The van der Waals surface area contributed by atoms with Crippen LogP contribution < -0.4 is 10.2 Å². The molecule has 6 nitrogen and oxygen atoms in total. The molecule has 1 aromatic carbocycles. The molecule has 4 rings (SSSR count). The maximum absolute atomic E-state index is 12.3. The van der Waals surface area contributed by atoms with Gasteiger partial charge in [0.2, 0.25) is 0 Å². The number of carbonyl (C=O) groups is 1. The van der Waals surface area contributed by atoms with Gasteiger partial charge < -0.3 is 15.1 Å². The van der Waals surface area contributed by atoms with Crippen LogP contribution in [0, 0.1) is 0 Å². The molecule has 31 heavy (non-hydrogen) atoms. The quantitative estimate of drug-likeness (QED) is 0.630. The highest BCUT2D eigenvalue weighted by molar-refractivity contribution is 5.98. The van der Waals surface area contributed by atoms with E-state index >= 15 is 0 Å². The molecule has 1 saturated carbocycles. The normalized spacial score (nSPS) is 16.5. The van der Waals surface area contributed by atoms with Gasteiger partial charge in [0.25, 0.3) is 5.91 Å². The molecule has 0 atom stereocenters. The standard InChI is InChI=1S/C24H33N5O.ClH/c1-27(2)24(30)21-8-5-12-25-23(21)26-13-6-14-28-15-17-29(18-16-28)22-9-4-3-7-20(22)19-10-11-19;/h3-5,7-9,12,19H,6,10-11,13-18H2,1-2H3,(H,25,26);1H. The van der Waals surface area contributed by atoms with Crippen LogP contribution in [-0.4, -0.2) is 74.1 Å². The van der Waals surface area contributed by atoms with Gasteiger partial charge in [0.15, 0.2) is 0 Å². The topological polar surface area (TPSA) is 51.7 Å². The second-order valence-corrected chi connectivity index (χ2v) is 8.54. The molecular formula is C24H34ClN5O. The third kappa shape index (κ3) is 5.89. The van der Waals surface area contributed by atoms with Gasteiger partial charge in [-0.25, -0.2) is 4.98 Å². The van der Waals surface area contributed by atoms with Crippen LogP contribution in [-0.2, 0) is 0 Å². The Bertz CT molecular complexity index is 863. The third-order valence-corrected chi connectivity index (χ3v) is 6.05. The van der Waals surface area contributed by atoms with E-state index in [1.807, 2.05) is 12.1 Å². The predicted octanol–water partition coefficient (Wildman–Crippen LogP) is 3.71. The Morgan fingerprint density at radius 3 is 2.55 bits per heavy atom. The summed E-state index contributed by atoms with van der Waals surface area (Å²) in [4.78, 5) is 23.3. The molecule has 2 heterocycles. The zero-order valence-electron chi connectivity index (χ0n) is 18.6. The predicted molar refractivity (Wildman–Crippen MR) is 130 cm³/mol. The van der Waals surface area contributed by atoms with Gasteiger partial charge in [-0.3, -0.25) is 9.69 Å². The minimum Gasteiger partial charge on any atom is -0.369 e. The van der Waals surface area contributed by atoms with Gasteiger partial charge in [-0.15, -0.1) is 12.4 Å². The van der Waals surface area contributed by atoms with E-state index < -0.39 is 0 Å². The lowest BCUT2D eigenvalue weighted by atomic mass is 10.1. The zero-order chi connectivity index (χ0) is 20.9. The largest absolute Gasteiger partial charge is 0.369 e. The van der Waals surface area contributed by atoms with Crippen LogP contribution in [0.15, 0.2) is 42.6 Å². The minimum atomic E-state index is -0.0202. The van der Waals surface area contributed by atoms with Gasteiger partial charge in [0.1, 0.15) is 5.82 Å². The van der Waals surface area contributed by atoms with Gasteiger partial charge in [0, 0.05) is 58.7 Å². The highest BCUT2D eigenvalue weighted by Crippen LogP contribution is 2.44. The lowest BCUT2D eigenvalue weighted by Crippen LogP contribution is -2.47. The van der Waals surface area contributed by atoms with Gasteiger partial charge in [-0.2, -0.15) is 0 Å². The van der Waals surface area contributed by atoms with Crippen molar-refractivity contribution in [3.05, 3.63) is 53.7 Å². The van der Waals surface area contributed by atoms with Crippen molar-refractivity contribution in [2.24, 2.45) is 0 Å². The van der Waals surface area contributed by atoms with Crippen LogP contribution >= 0.6 is 12.4 Å². The molecule has 7 heteroatoms. The van der Waals surface area contributed by atoms with Gasteiger partial charge in [-0.1, -0.05) is 18.2 Å². The van der Waals surface area contributed by atoms with E-state index in [4.69, 9.17) is 0 Å². The Morgan fingerprint density at radius 1 is 1.10 bits per heavy atom. The first-order valence-electron chi connectivity index (χ1n) is 11.1. The van der Waals surface area contributed by atoms with Crippen LogP contribution in [0.1, 0.15) is 41.1 Å². The van der Waals surface area contributed by atoms with Crippen molar-refractivity contribution < 1.29 is 4.79 Å². The molecule has 1 saturated heterocycles. The van der Waals surface area contributed by atoms with Gasteiger partial charge >= 0.3 is 0 Å². The van der Waals surface area contributed by atoms with E-state index in [0.717, 1.165) is 51.6 Å². The van der Waals surface area contributed by atoms with E-state index in [9.17, 15) is 4.79 Å². The van der Waals surface area contributed by atoms with E-state index in [1.165, 1.54) is 18.5 Å². The van der Waals surface area contributed by atoms with Gasteiger partial charge in [-0.05, 0) is 55.5 Å². The number of halogens is 1. The molecule has 1 amide bonds. The molecule has 0 unspecified atom stereocenters. The van der Waals surface area contributed by atoms with Crippen molar-refractivity contribution >= 4 is 29.8 Å². The highest BCUT2D eigenvalue weighted by atomic mass is 35.5. The van der Waals surface area contributed by atoms with Crippen molar-refractivity contribution in [1.29, 1.82) is 0 Å². The highest BCUT2D eigenvalue weighted by Gasteiger charge is 2.28. The number of nitrogens with zero attached hydrogens (tertiary/aromatic N) is 4. The summed E-state index contributed by atoms with van der Waals surface area (Å²) in [5.74, 6) is 1.45. The number of hydrogen-bond donors (Lipinski definition) is 1. The number of hydrogen-bond acceptors (Lipinski definition) is 5. The summed E-state index contributed by atoms with van der Waals surface area (Å²) in [7, 11) is 3.53. The summed E-state index contributed by atoms with van der Waals surface area (Å²) in [5.41, 5.74) is 3.63. The molecule has 1 N–H and O–H groups in total. The Balaban J connectivity index is 0.00000272. The van der Waals surface area contributed by atoms with Crippen LogP contribution in [0.5, 0.6) is 0 Å². The van der Waals surface area contributed by atoms with E-state index in [-0.39, 0.29) is 18.3 Å². The average Bonchev–Trinajstić information content (AvgIpc) is 3.62. The summed E-state index contributed by atoms with van der Waals surface area (Å²) in [5, 5.41) is 3.35. The first-order chi connectivity index (χ1) is 14.6. The fourth-order valence-electron chi connectivity index (χ4n) is 4.20. The molecule has 2 aliphatic rings. The molecule has 1 aliphatic heterocycles. The van der Waals surface area contributed by atoms with Crippen LogP contribution in [0.3, 0.4) is 0 Å². The number of amides is 1. The Morgan fingerprint density at radius 2 is 1.84 bits per heavy atom. The van der Waals surface area contributed by atoms with Crippen molar-refractivity contribution in [3.8, 4) is 0 Å². The molecule has 2 aromatic rings. The van der Waals surface area contributed by atoms with Crippen LogP contribution in [0.25, 0.3) is 0 Å². The monoisotopic (exact) mass is 443 g/mol. The number of rotatable bonds is 8. The Kier molecular flexibility index (Phi) is 8.15. The van der Waals surface area contributed by atoms with Crippen molar-refractivity contribution in [1.82, 2.24) is 14.8 Å². The number of pyridine rings is 1. The van der Waals surface area contributed by atoms with Gasteiger partial charge in [0.05, 0.1) is 5.56 Å². The maximum Gasteiger partial charge on any atom is 0.257 e. The molecule has 2 fully saturated rings. The zero-order valence-corrected chi connectivity index (χ0v) is 19.4. The van der Waals surface area contributed by atoms with E-state index in [1.54, 1.807) is 30.8 Å². The fraction of sp³-hybridized carbons (Fsp3) is 0.500. The number of aromatic nitrogens is 1. The summed E-state index contributed by atoms with van der Waals surface area (Å²) >= 11 is 0. The number of piperazine rings is 1. The number of anilines is 2. The molecule has 1 aromatic heterocycles. The Labute approximate surface area is 192 Å². The molecular weight excluding hydrogens is 410 g/mol. The number of nitrogens with one attached hydrogen (secondary N) is 1. The first kappa shape index (κ1) is 23.4. The van der Waals surface area contributed by atoms with E-state index in [0.29, 0.717) is 11.4 Å². The smallest absolute Gasteiger partial charge is 0.257 e. The Hall–Kier alpha value is -2.31. The van der Waals surface area contributed by atoms with Crippen LogP contribution in [0.4, 0.5) is 11.5 Å². The summed E-state index contributed by atoms with van der Waals surface area (Å²) < 4.78 is 0. The fourth-order valence-corrected chi connectivity index (χ4v) is 4.20.